The van der Waals surface area contributed by atoms with Crippen molar-refractivity contribution in [2.24, 2.45) is 0 Å². The maximum Gasteiger partial charge on any atom is 0.326 e. The highest BCUT2D eigenvalue weighted by Gasteiger charge is 2.23. The minimum atomic E-state index is -1.02. The molecule has 132 valence electrons. The van der Waals surface area contributed by atoms with Crippen LogP contribution < -0.4 is 5.32 Å². The summed E-state index contributed by atoms with van der Waals surface area (Å²) in [6.07, 6.45) is 0.255. The molecule has 1 amide bonds. The SMILES string of the molecule is O=C(CN1CCOCC1)N[C@@H](Cc1cccc2ccccc12)C(=O)O. The van der Waals surface area contributed by atoms with E-state index in [0.29, 0.717) is 26.3 Å². The summed E-state index contributed by atoms with van der Waals surface area (Å²) in [5.74, 6) is -1.29. The molecular weight excluding hydrogens is 320 g/mol. The van der Waals surface area contributed by atoms with Gasteiger partial charge in [-0.3, -0.25) is 9.69 Å². The Hall–Kier alpha value is -2.44. The van der Waals surface area contributed by atoms with E-state index < -0.39 is 12.0 Å². The lowest BCUT2D eigenvalue weighted by Crippen LogP contribution is -2.48. The number of amides is 1. The van der Waals surface area contributed by atoms with E-state index in [1.165, 1.54) is 0 Å². The molecule has 1 saturated heterocycles. The molecule has 1 heterocycles. The number of rotatable bonds is 6. The number of fused-ring (bicyclic) bond motifs is 1. The van der Waals surface area contributed by atoms with Crippen LogP contribution in [0.5, 0.6) is 0 Å². The second-order valence-electron chi connectivity index (χ2n) is 6.19. The molecule has 2 aromatic carbocycles. The molecule has 0 spiro atoms. The quantitative estimate of drug-likeness (QED) is 0.827. The molecule has 0 radical (unpaired) electrons. The van der Waals surface area contributed by atoms with Gasteiger partial charge < -0.3 is 15.2 Å². The Morgan fingerprint density at radius 1 is 1.12 bits per heavy atom. The molecule has 1 fully saturated rings. The van der Waals surface area contributed by atoms with Crippen LogP contribution in [0.25, 0.3) is 10.8 Å². The van der Waals surface area contributed by atoms with Crippen molar-refractivity contribution in [2.45, 2.75) is 12.5 Å². The standard InChI is InChI=1S/C19H22N2O4/c22-18(13-21-8-10-25-11-9-21)20-17(19(23)24)12-15-6-3-5-14-4-1-2-7-16(14)15/h1-7,17H,8-13H2,(H,20,22)(H,23,24)/t17-/m0/s1. The van der Waals surface area contributed by atoms with Crippen LogP contribution in [0.1, 0.15) is 5.56 Å². The summed E-state index contributed by atoms with van der Waals surface area (Å²) >= 11 is 0. The molecule has 0 aliphatic carbocycles. The van der Waals surface area contributed by atoms with Crippen LogP contribution in [-0.4, -0.2) is 60.8 Å². The molecule has 1 aliphatic heterocycles. The van der Waals surface area contributed by atoms with E-state index in [-0.39, 0.29) is 18.9 Å². The van der Waals surface area contributed by atoms with Gasteiger partial charge in [0.25, 0.3) is 0 Å². The van der Waals surface area contributed by atoms with Crippen molar-refractivity contribution in [2.75, 3.05) is 32.8 Å². The predicted molar refractivity (Wildman–Crippen MR) is 94.5 cm³/mol. The van der Waals surface area contributed by atoms with E-state index in [1.54, 1.807) is 0 Å². The first-order valence-electron chi connectivity index (χ1n) is 8.42. The number of carbonyl (C=O) groups excluding carboxylic acids is 1. The van der Waals surface area contributed by atoms with Crippen molar-refractivity contribution in [3.8, 4) is 0 Å². The van der Waals surface area contributed by atoms with Gasteiger partial charge in [-0.05, 0) is 16.3 Å². The fourth-order valence-corrected chi connectivity index (χ4v) is 3.09. The molecular formula is C19H22N2O4. The van der Waals surface area contributed by atoms with Gasteiger partial charge in [-0.15, -0.1) is 0 Å². The number of carboxylic acids is 1. The Balaban J connectivity index is 1.68. The molecule has 2 aromatic rings. The van der Waals surface area contributed by atoms with Crippen LogP contribution in [-0.2, 0) is 20.7 Å². The number of hydrogen-bond acceptors (Lipinski definition) is 4. The Bertz CT molecular complexity index is 751. The van der Waals surface area contributed by atoms with Gasteiger partial charge >= 0.3 is 5.97 Å². The fourth-order valence-electron chi connectivity index (χ4n) is 3.09. The van der Waals surface area contributed by atoms with Crippen molar-refractivity contribution in [3.63, 3.8) is 0 Å². The van der Waals surface area contributed by atoms with E-state index in [0.717, 1.165) is 16.3 Å². The number of aliphatic carboxylic acids is 1. The highest BCUT2D eigenvalue weighted by atomic mass is 16.5. The number of ether oxygens (including phenoxy) is 1. The summed E-state index contributed by atoms with van der Waals surface area (Å²) in [5, 5.41) is 14.2. The van der Waals surface area contributed by atoms with Crippen LogP contribution in [0.2, 0.25) is 0 Å². The smallest absolute Gasteiger partial charge is 0.326 e. The topological polar surface area (TPSA) is 78.9 Å². The fraction of sp³-hybridized carbons (Fsp3) is 0.368. The monoisotopic (exact) mass is 342 g/mol. The normalized spacial score (nSPS) is 16.5. The first-order chi connectivity index (χ1) is 12.1. The van der Waals surface area contributed by atoms with Crippen molar-refractivity contribution in [1.29, 1.82) is 0 Å². The molecule has 1 atom stereocenters. The van der Waals surface area contributed by atoms with E-state index in [4.69, 9.17) is 4.74 Å². The minimum absolute atomic E-state index is 0.197. The summed E-state index contributed by atoms with van der Waals surface area (Å²) in [4.78, 5) is 25.8. The average Bonchev–Trinajstić information content (AvgIpc) is 2.62. The van der Waals surface area contributed by atoms with Crippen LogP contribution >= 0.6 is 0 Å². The maximum atomic E-state index is 12.2. The Labute approximate surface area is 146 Å². The number of nitrogens with zero attached hydrogens (tertiary/aromatic N) is 1. The first kappa shape index (κ1) is 17.4. The third kappa shape index (κ3) is 4.55. The summed E-state index contributed by atoms with van der Waals surface area (Å²) in [6, 6.07) is 12.7. The van der Waals surface area contributed by atoms with Crippen molar-refractivity contribution >= 4 is 22.6 Å². The second-order valence-corrected chi connectivity index (χ2v) is 6.19. The first-order valence-corrected chi connectivity index (χ1v) is 8.42. The lowest BCUT2D eigenvalue weighted by Gasteiger charge is -2.26. The van der Waals surface area contributed by atoms with Crippen LogP contribution in [0.15, 0.2) is 42.5 Å². The van der Waals surface area contributed by atoms with Gasteiger partial charge in [-0.1, -0.05) is 42.5 Å². The highest BCUT2D eigenvalue weighted by Crippen LogP contribution is 2.19. The number of carbonyl (C=O) groups is 2. The third-order valence-electron chi connectivity index (χ3n) is 4.41. The Kier molecular flexibility index (Phi) is 5.63. The summed E-state index contributed by atoms with van der Waals surface area (Å²) in [7, 11) is 0. The predicted octanol–water partition coefficient (Wildman–Crippen LogP) is 1.28. The zero-order valence-corrected chi connectivity index (χ0v) is 14.0. The van der Waals surface area contributed by atoms with Crippen LogP contribution in [0, 0.1) is 0 Å². The summed E-state index contributed by atoms with van der Waals surface area (Å²) < 4.78 is 5.25. The van der Waals surface area contributed by atoms with Gasteiger partial charge in [0.2, 0.25) is 5.91 Å². The number of hydrogen-bond donors (Lipinski definition) is 2. The molecule has 25 heavy (non-hydrogen) atoms. The maximum absolute atomic E-state index is 12.2. The molecule has 0 aromatic heterocycles. The zero-order chi connectivity index (χ0) is 17.6. The van der Waals surface area contributed by atoms with E-state index in [2.05, 4.69) is 5.32 Å². The Morgan fingerprint density at radius 2 is 1.84 bits per heavy atom. The summed E-state index contributed by atoms with van der Waals surface area (Å²) in [5.41, 5.74) is 0.914. The van der Waals surface area contributed by atoms with Crippen molar-refractivity contribution in [3.05, 3.63) is 48.0 Å². The number of carboxylic acid groups (broad SMARTS) is 1. The molecule has 3 rings (SSSR count). The Morgan fingerprint density at radius 3 is 2.60 bits per heavy atom. The third-order valence-corrected chi connectivity index (χ3v) is 4.41. The van der Waals surface area contributed by atoms with E-state index in [9.17, 15) is 14.7 Å². The van der Waals surface area contributed by atoms with Crippen molar-refractivity contribution < 1.29 is 19.4 Å². The molecule has 2 N–H and O–H groups in total. The second kappa shape index (κ2) is 8.09. The molecule has 6 heteroatoms. The molecule has 0 unspecified atom stereocenters. The van der Waals surface area contributed by atoms with Gasteiger partial charge in [-0.25, -0.2) is 4.79 Å². The van der Waals surface area contributed by atoms with Crippen LogP contribution in [0.4, 0.5) is 0 Å². The summed E-state index contributed by atoms with van der Waals surface area (Å²) in [6.45, 7) is 2.78. The highest BCUT2D eigenvalue weighted by molar-refractivity contribution is 5.88. The average molecular weight is 342 g/mol. The lowest BCUT2D eigenvalue weighted by molar-refractivity contribution is -0.142. The van der Waals surface area contributed by atoms with Gasteiger partial charge in [-0.2, -0.15) is 0 Å². The van der Waals surface area contributed by atoms with Crippen molar-refractivity contribution in [1.82, 2.24) is 10.2 Å². The molecule has 1 aliphatic rings. The van der Waals surface area contributed by atoms with Crippen LogP contribution in [0.3, 0.4) is 0 Å². The van der Waals surface area contributed by atoms with Gasteiger partial charge in [0, 0.05) is 19.5 Å². The number of benzene rings is 2. The van der Waals surface area contributed by atoms with E-state index in [1.807, 2.05) is 47.4 Å². The number of morpholine rings is 1. The molecule has 6 nitrogen and oxygen atoms in total. The minimum Gasteiger partial charge on any atom is -0.480 e. The lowest BCUT2D eigenvalue weighted by atomic mass is 9.99. The number of nitrogens with one attached hydrogen (secondary N) is 1. The zero-order valence-electron chi connectivity index (χ0n) is 14.0. The molecule has 0 saturated carbocycles. The van der Waals surface area contributed by atoms with Gasteiger partial charge in [0.05, 0.1) is 19.8 Å². The molecule has 0 bridgehead atoms. The van der Waals surface area contributed by atoms with E-state index >= 15 is 0 Å². The van der Waals surface area contributed by atoms with Gasteiger partial charge in [0.1, 0.15) is 6.04 Å². The van der Waals surface area contributed by atoms with Gasteiger partial charge in [0.15, 0.2) is 0 Å². The largest absolute Gasteiger partial charge is 0.480 e.